The second-order valence-electron chi connectivity index (χ2n) is 5.72. The molecular formula is C15H19N3O4S. The third-order valence-electron chi connectivity index (χ3n) is 4.03. The molecule has 1 atom stereocenters. The number of ether oxygens (including phenoxy) is 1. The number of aromatic nitrogens is 2. The van der Waals surface area contributed by atoms with Crippen LogP contribution in [0, 0.1) is 0 Å². The van der Waals surface area contributed by atoms with Crippen molar-refractivity contribution in [2.75, 3.05) is 25.7 Å². The second-order valence-corrected chi connectivity index (χ2v) is 7.94. The van der Waals surface area contributed by atoms with Crippen LogP contribution in [0.2, 0.25) is 0 Å². The summed E-state index contributed by atoms with van der Waals surface area (Å²) < 4.78 is 33.5. The quantitative estimate of drug-likeness (QED) is 0.814. The van der Waals surface area contributed by atoms with Crippen molar-refractivity contribution in [3.8, 4) is 17.2 Å². The molecule has 0 saturated carbocycles. The fourth-order valence-corrected chi connectivity index (χ4v) is 4.45. The zero-order valence-electron chi connectivity index (χ0n) is 13.1. The van der Waals surface area contributed by atoms with Crippen LogP contribution in [0.5, 0.6) is 5.75 Å². The lowest BCUT2D eigenvalue weighted by Gasteiger charge is -2.20. The summed E-state index contributed by atoms with van der Waals surface area (Å²) in [5, 5.41) is 3.97. The van der Waals surface area contributed by atoms with E-state index in [1.807, 2.05) is 36.2 Å². The molecule has 1 aliphatic heterocycles. The lowest BCUT2D eigenvalue weighted by Crippen LogP contribution is -2.32. The number of rotatable bonds is 5. The number of benzene rings is 1. The zero-order valence-corrected chi connectivity index (χ0v) is 13.9. The van der Waals surface area contributed by atoms with E-state index in [4.69, 9.17) is 9.26 Å². The largest absolute Gasteiger partial charge is 0.497 e. The Morgan fingerprint density at radius 3 is 2.70 bits per heavy atom. The van der Waals surface area contributed by atoms with Gasteiger partial charge in [0.25, 0.3) is 5.89 Å². The van der Waals surface area contributed by atoms with Crippen LogP contribution in [0.15, 0.2) is 28.8 Å². The first-order valence-electron chi connectivity index (χ1n) is 7.34. The van der Waals surface area contributed by atoms with Gasteiger partial charge in [0.2, 0.25) is 0 Å². The maximum Gasteiger partial charge on any atom is 0.257 e. The number of hydrogen-bond donors (Lipinski definition) is 0. The molecular weight excluding hydrogens is 318 g/mol. The molecule has 1 saturated heterocycles. The van der Waals surface area contributed by atoms with E-state index in [9.17, 15) is 8.42 Å². The van der Waals surface area contributed by atoms with Crippen molar-refractivity contribution < 1.29 is 17.7 Å². The van der Waals surface area contributed by atoms with Crippen LogP contribution >= 0.6 is 0 Å². The molecule has 7 nitrogen and oxygen atoms in total. The molecule has 0 spiro atoms. The number of nitrogens with zero attached hydrogens (tertiary/aromatic N) is 3. The van der Waals surface area contributed by atoms with Gasteiger partial charge in [-0.05, 0) is 37.7 Å². The molecule has 3 rings (SSSR count). The van der Waals surface area contributed by atoms with Crippen LogP contribution in [0.1, 0.15) is 12.2 Å². The molecule has 0 bridgehead atoms. The summed E-state index contributed by atoms with van der Waals surface area (Å²) >= 11 is 0. The molecule has 2 aromatic rings. The van der Waals surface area contributed by atoms with Crippen molar-refractivity contribution in [2.24, 2.45) is 0 Å². The molecule has 2 heterocycles. The van der Waals surface area contributed by atoms with Crippen LogP contribution in [-0.4, -0.2) is 55.2 Å². The van der Waals surface area contributed by atoms with Gasteiger partial charge >= 0.3 is 0 Å². The lowest BCUT2D eigenvalue weighted by atomic mass is 10.2. The second kappa shape index (κ2) is 6.29. The summed E-state index contributed by atoms with van der Waals surface area (Å²) in [6, 6.07) is 7.37. The van der Waals surface area contributed by atoms with Gasteiger partial charge in [-0.1, -0.05) is 5.16 Å². The molecule has 1 unspecified atom stereocenters. The molecule has 0 N–H and O–H groups in total. The summed E-state index contributed by atoms with van der Waals surface area (Å²) in [6.07, 6.45) is 0.655. The van der Waals surface area contributed by atoms with Gasteiger partial charge in [-0.15, -0.1) is 0 Å². The predicted molar refractivity (Wildman–Crippen MR) is 84.8 cm³/mol. The summed E-state index contributed by atoms with van der Waals surface area (Å²) in [7, 11) is 0.599. The van der Waals surface area contributed by atoms with Crippen molar-refractivity contribution in [2.45, 2.75) is 19.0 Å². The normalized spacial score (nSPS) is 20.0. The Morgan fingerprint density at radius 2 is 2.09 bits per heavy atom. The predicted octanol–water partition coefficient (Wildman–Crippen LogP) is 1.36. The Kier molecular flexibility index (Phi) is 4.36. The first kappa shape index (κ1) is 15.9. The Bertz CT molecular complexity index is 770. The first-order chi connectivity index (χ1) is 11.0. The topological polar surface area (TPSA) is 85.5 Å². The third kappa shape index (κ3) is 3.70. The summed E-state index contributed by atoms with van der Waals surface area (Å²) in [5.41, 5.74) is 0.815. The maximum absolute atomic E-state index is 11.6. The first-order valence-corrected chi connectivity index (χ1v) is 9.16. The standard InChI is InChI=1S/C15H19N3O4S/c1-18(12-7-8-23(19,20)10-12)9-14-16-15(22-17-14)11-3-5-13(21-2)6-4-11/h3-6,12H,7-10H2,1-2H3. The van der Waals surface area contributed by atoms with Crippen LogP contribution in [0.25, 0.3) is 11.5 Å². The van der Waals surface area contributed by atoms with E-state index in [0.717, 1.165) is 11.3 Å². The van der Waals surface area contributed by atoms with Gasteiger partial charge in [-0.25, -0.2) is 8.42 Å². The molecule has 0 amide bonds. The number of hydrogen-bond acceptors (Lipinski definition) is 7. The van der Waals surface area contributed by atoms with Gasteiger partial charge in [0.05, 0.1) is 25.2 Å². The molecule has 23 heavy (non-hydrogen) atoms. The van der Waals surface area contributed by atoms with E-state index in [2.05, 4.69) is 10.1 Å². The number of methoxy groups -OCH3 is 1. The molecule has 0 radical (unpaired) electrons. The highest BCUT2D eigenvalue weighted by molar-refractivity contribution is 7.91. The van der Waals surface area contributed by atoms with E-state index >= 15 is 0 Å². The van der Waals surface area contributed by atoms with Crippen molar-refractivity contribution in [1.82, 2.24) is 15.0 Å². The third-order valence-corrected chi connectivity index (χ3v) is 5.78. The lowest BCUT2D eigenvalue weighted by molar-refractivity contribution is 0.244. The fraction of sp³-hybridized carbons (Fsp3) is 0.467. The molecule has 1 aromatic heterocycles. The zero-order chi connectivity index (χ0) is 16.4. The molecule has 8 heteroatoms. The SMILES string of the molecule is COc1ccc(-c2nc(CN(C)C3CCS(=O)(=O)C3)no2)cc1. The van der Waals surface area contributed by atoms with Crippen molar-refractivity contribution in [3.05, 3.63) is 30.1 Å². The van der Waals surface area contributed by atoms with Gasteiger partial charge in [-0.3, -0.25) is 4.90 Å². The molecule has 1 aromatic carbocycles. The Hall–Kier alpha value is -1.93. The van der Waals surface area contributed by atoms with E-state index in [1.165, 1.54) is 0 Å². The van der Waals surface area contributed by atoms with Crippen LogP contribution in [0.4, 0.5) is 0 Å². The smallest absolute Gasteiger partial charge is 0.257 e. The van der Waals surface area contributed by atoms with Gasteiger partial charge in [-0.2, -0.15) is 4.98 Å². The highest BCUT2D eigenvalue weighted by Gasteiger charge is 2.31. The minimum absolute atomic E-state index is 0.0166. The summed E-state index contributed by atoms with van der Waals surface area (Å²) in [5.74, 6) is 2.20. The Labute approximate surface area is 135 Å². The van der Waals surface area contributed by atoms with E-state index in [-0.39, 0.29) is 17.5 Å². The van der Waals surface area contributed by atoms with E-state index in [0.29, 0.717) is 24.7 Å². The molecule has 0 aliphatic carbocycles. The Balaban J connectivity index is 1.67. The van der Waals surface area contributed by atoms with Crippen molar-refractivity contribution >= 4 is 9.84 Å². The summed E-state index contributed by atoms with van der Waals surface area (Å²) in [6.45, 7) is 0.458. The van der Waals surface area contributed by atoms with E-state index in [1.54, 1.807) is 7.11 Å². The minimum Gasteiger partial charge on any atom is -0.497 e. The van der Waals surface area contributed by atoms with Crippen molar-refractivity contribution in [3.63, 3.8) is 0 Å². The van der Waals surface area contributed by atoms with Gasteiger partial charge in [0, 0.05) is 11.6 Å². The minimum atomic E-state index is -2.89. The number of sulfone groups is 1. The monoisotopic (exact) mass is 337 g/mol. The average molecular weight is 337 g/mol. The highest BCUT2D eigenvalue weighted by Crippen LogP contribution is 2.22. The van der Waals surface area contributed by atoms with Gasteiger partial charge in [0.15, 0.2) is 15.7 Å². The van der Waals surface area contributed by atoms with Crippen LogP contribution in [-0.2, 0) is 16.4 Å². The average Bonchev–Trinajstić information content (AvgIpc) is 3.14. The van der Waals surface area contributed by atoms with E-state index < -0.39 is 9.84 Å². The molecule has 1 aliphatic rings. The maximum atomic E-state index is 11.6. The van der Waals surface area contributed by atoms with Gasteiger partial charge < -0.3 is 9.26 Å². The van der Waals surface area contributed by atoms with Crippen molar-refractivity contribution in [1.29, 1.82) is 0 Å². The van der Waals surface area contributed by atoms with Gasteiger partial charge in [0.1, 0.15) is 5.75 Å². The Morgan fingerprint density at radius 1 is 1.35 bits per heavy atom. The fourth-order valence-electron chi connectivity index (χ4n) is 2.64. The summed E-state index contributed by atoms with van der Waals surface area (Å²) in [4.78, 5) is 6.34. The van der Waals surface area contributed by atoms with Crippen LogP contribution < -0.4 is 4.74 Å². The molecule has 124 valence electrons. The van der Waals surface area contributed by atoms with Crippen LogP contribution in [0.3, 0.4) is 0 Å². The molecule has 1 fully saturated rings. The highest BCUT2D eigenvalue weighted by atomic mass is 32.2.